The summed E-state index contributed by atoms with van der Waals surface area (Å²) in [5.41, 5.74) is 1.72. The second-order valence-electron chi connectivity index (χ2n) is 3.59. The van der Waals surface area contributed by atoms with Crippen LogP contribution in [0.25, 0.3) is 0 Å². The Hall–Kier alpha value is -0.700. The van der Waals surface area contributed by atoms with Crippen molar-refractivity contribution in [1.29, 1.82) is 0 Å². The molecule has 0 fully saturated rings. The molecule has 0 amide bonds. The van der Waals surface area contributed by atoms with Gasteiger partial charge in [-0.2, -0.15) is 0 Å². The molecule has 0 aromatic rings. The second-order valence-corrected chi connectivity index (χ2v) is 3.59. The first-order valence-electron chi connectivity index (χ1n) is 4.86. The van der Waals surface area contributed by atoms with Crippen LogP contribution in [0.1, 0.15) is 46.5 Å². The highest BCUT2D eigenvalue weighted by Crippen LogP contribution is 2.39. The molecule has 0 radical (unpaired) electrons. The molecule has 0 aliphatic heterocycles. The zero-order valence-electron chi connectivity index (χ0n) is 8.41. The van der Waals surface area contributed by atoms with Crippen molar-refractivity contribution in [2.24, 2.45) is 5.41 Å². The minimum atomic E-state index is 0.229. The summed E-state index contributed by atoms with van der Waals surface area (Å²) in [7, 11) is 0. The fraction of sp³-hybridized carbons (Fsp3) is 0.667. The zero-order valence-corrected chi connectivity index (χ0v) is 8.41. The molecule has 0 saturated heterocycles. The van der Waals surface area contributed by atoms with Crippen LogP contribution >= 0.6 is 0 Å². The van der Waals surface area contributed by atoms with Crippen LogP contribution in [0.2, 0.25) is 0 Å². The summed E-state index contributed by atoms with van der Waals surface area (Å²) in [6.45, 7) is 6.42. The van der Waals surface area contributed by atoms with Gasteiger partial charge in [-0.25, -0.2) is 0 Å². The zero-order chi connectivity index (χ0) is 9.03. The highest BCUT2D eigenvalue weighted by atomic mass is 14.3. The molecule has 1 aliphatic carbocycles. The van der Waals surface area contributed by atoms with Crippen LogP contribution < -0.4 is 0 Å². The van der Waals surface area contributed by atoms with E-state index in [4.69, 9.17) is 0 Å². The molecule has 0 heterocycles. The molecule has 0 saturated carbocycles. The number of allylic oxidation sites excluding steroid dienone is 2. The highest BCUT2D eigenvalue weighted by molar-refractivity contribution is 5.28. The molecule has 12 heavy (non-hydrogen) atoms. The van der Waals surface area contributed by atoms with E-state index in [0.29, 0.717) is 0 Å². The van der Waals surface area contributed by atoms with Gasteiger partial charge in [0.25, 0.3) is 0 Å². The monoisotopic (exact) mass is 162 g/mol. The van der Waals surface area contributed by atoms with Gasteiger partial charge in [0.1, 0.15) is 0 Å². The van der Waals surface area contributed by atoms with Crippen LogP contribution in [0.4, 0.5) is 0 Å². The van der Waals surface area contributed by atoms with Gasteiger partial charge in [0.15, 0.2) is 0 Å². The van der Waals surface area contributed by atoms with E-state index < -0.39 is 0 Å². The molecule has 0 bridgehead atoms. The van der Waals surface area contributed by atoms with E-state index >= 15 is 0 Å². The highest BCUT2D eigenvalue weighted by Gasteiger charge is 2.29. The summed E-state index contributed by atoms with van der Waals surface area (Å²) in [6.07, 6.45) is 7.33. The molecule has 66 valence electrons. The van der Waals surface area contributed by atoms with Gasteiger partial charge in [0, 0.05) is 0 Å². The van der Waals surface area contributed by atoms with Crippen LogP contribution in [0, 0.1) is 17.3 Å². The van der Waals surface area contributed by atoms with Gasteiger partial charge in [-0.05, 0) is 39.5 Å². The van der Waals surface area contributed by atoms with E-state index in [2.05, 4.69) is 31.8 Å². The first kappa shape index (κ1) is 9.39. The van der Waals surface area contributed by atoms with Crippen LogP contribution in [-0.4, -0.2) is 0 Å². The van der Waals surface area contributed by atoms with E-state index in [0.717, 1.165) is 6.42 Å². The quantitative estimate of drug-likeness (QED) is 0.408. The Bertz CT molecular complexity index is 236. The molecule has 0 nitrogen and oxygen atoms in total. The van der Waals surface area contributed by atoms with Gasteiger partial charge in [-0.3, -0.25) is 0 Å². The SMILES string of the molecule is CC#CC1(CC)CCCC=C1C. The largest absolute Gasteiger partial charge is 0.106 e. The standard InChI is InChI=1S/C12H18/c1-4-9-12(5-2)10-7-6-8-11(12)3/h8H,5-7,10H2,1-3H3. The molecule has 1 unspecified atom stereocenters. The third kappa shape index (κ3) is 1.55. The lowest BCUT2D eigenvalue weighted by Gasteiger charge is -2.31. The Balaban J connectivity index is 2.95. The van der Waals surface area contributed by atoms with Gasteiger partial charge in [-0.15, -0.1) is 5.92 Å². The molecule has 0 heteroatoms. The maximum Gasteiger partial charge on any atom is 0.0517 e. The summed E-state index contributed by atoms with van der Waals surface area (Å²) in [5.74, 6) is 6.45. The van der Waals surface area contributed by atoms with Crippen LogP contribution in [0.3, 0.4) is 0 Å². The average Bonchev–Trinajstić information content (AvgIpc) is 2.10. The van der Waals surface area contributed by atoms with E-state index in [9.17, 15) is 0 Å². The average molecular weight is 162 g/mol. The smallest absolute Gasteiger partial charge is 0.0517 e. The fourth-order valence-corrected chi connectivity index (χ4v) is 2.06. The predicted octanol–water partition coefficient (Wildman–Crippen LogP) is 3.54. The van der Waals surface area contributed by atoms with E-state index in [1.54, 1.807) is 0 Å². The molecule has 0 aromatic carbocycles. The lowest BCUT2D eigenvalue weighted by Crippen LogP contribution is -2.21. The van der Waals surface area contributed by atoms with Crippen molar-refractivity contribution < 1.29 is 0 Å². The van der Waals surface area contributed by atoms with Gasteiger partial charge >= 0.3 is 0 Å². The summed E-state index contributed by atoms with van der Waals surface area (Å²) in [6, 6.07) is 0. The molecular formula is C12H18. The summed E-state index contributed by atoms with van der Waals surface area (Å²) < 4.78 is 0. The lowest BCUT2D eigenvalue weighted by atomic mass is 9.72. The van der Waals surface area contributed by atoms with Gasteiger partial charge in [0.05, 0.1) is 5.41 Å². The Labute approximate surface area is 76.1 Å². The minimum absolute atomic E-state index is 0.229. The Kier molecular flexibility index (Phi) is 2.98. The topological polar surface area (TPSA) is 0 Å². The Morgan fingerprint density at radius 2 is 2.33 bits per heavy atom. The van der Waals surface area contributed by atoms with Crippen molar-refractivity contribution in [2.45, 2.75) is 46.5 Å². The fourth-order valence-electron chi connectivity index (χ4n) is 2.06. The van der Waals surface area contributed by atoms with Crippen molar-refractivity contribution in [3.05, 3.63) is 11.6 Å². The molecule has 1 rings (SSSR count). The normalized spacial score (nSPS) is 28.8. The van der Waals surface area contributed by atoms with E-state index in [-0.39, 0.29) is 5.41 Å². The minimum Gasteiger partial charge on any atom is -0.106 e. The summed E-state index contributed by atoms with van der Waals surface area (Å²) >= 11 is 0. The van der Waals surface area contributed by atoms with Crippen LogP contribution in [0.5, 0.6) is 0 Å². The van der Waals surface area contributed by atoms with Crippen molar-refractivity contribution in [1.82, 2.24) is 0 Å². The van der Waals surface area contributed by atoms with E-state index in [1.165, 1.54) is 24.8 Å². The number of hydrogen-bond donors (Lipinski definition) is 0. The summed E-state index contributed by atoms with van der Waals surface area (Å²) in [5, 5.41) is 0. The van der Waals surface area contributed by atoms with E-state index in [1.807, 2.05) is 6.92 Å². The number of rotatable bonds is 1. The Morgan fingerprint density at radius 3 is 2.83 bits per heavy atom. The predicted molar refractivity (Wildman–Crippen MR) is 53.8 cm³/mol. The summed E-state index contributed by atoms with van der Waals surface area (Å²) in [4.78, 5) is 0. The van der Waals surface area contributed by atoms with Crippen molar-refractivity contribution in [3.8, 4) is 11.8 Å². The third-order valence-corrected chi connectivity index (χ3v) is 2.98. The molecule has 0 aromatic heterocycles. The van der Waals surface area contributed by atoms with Crippen molar-refractivity contribution in [3.63, 3.8) is 0 Å². The van der Waals surface area contributed by atoms with Gasteiger partial charge in [0.2, 0.25) is 0 Å². The van der Waals surface area contributed by atoms with Gasteiger partial charge in [-0.1, -0.05) is 24.5 Å². The second kappa shape index (κ2) is 3.81. The maximum atomic E-state index is 3.38. The molecule has 1 atom stereocenters. The number of hydrogen-bond acceptors (Lipinski definition) is 0. The third-order valence-electron chi connectivity index (χ3n) is 2.98. The Morgan fingerprint density at radius 1 is 1.58 bits per heavy atom. The van der Waals surface area contributed by atoms with Crippen LogP contribution in [-0.2, 0) is 0 Å². The first-order valence-corrected chi connectivity index (χ1v) is 4.86. The van der Waals surface area contributed by atoms with Crippen molar-refractivity contribution in [2.75, 3.05) is 0 Å². The molecule has 0 N–H and O–H groups in total. The van der Waals surface area contributed by atoms with Crippen molar-refractivity contribution >= 4 is 0 Å². The molecular weight excluding hydrogens is 144 g/mol. The molecule has 0 spiro atoms. The lowest BCUT2D eigenvalue weighted by molar-refractivity contribution is 0.392. The van der Waals surface area contributed by atoms with Gasteiger partial charge < -0.3 is 0 Å². The van der Waals surface area contributed by atoms with Crippen LogP contribution in [0.15, 0.2) is 11.6 Å². The first-order chi connectivity index (χ1) is 5.75. The molecule has 1 aliphatic rings. The maximum absolute atomic E-state index is 3.38.